The smallest absolute Gasteiger partial charge is 0.218 e. The van der Waals surface area contributed by atoms with Crippen LogP contribution in [0.25, 0.3) is 0 Å². The van der Waals surface area contributed by atoms with E-state index in [1.54, 1.807) is 7.11 Å². The molecule has 0 bridgehead atoms. The summed E-state index contributed by atoms with van der Waals surface area (Å²) in [6, 6.07) is 0. The summed E-state index contributed by atoms with van der Waals surface area (Å²) in [5.74, 6) is 2.03. The van der Waals surface area contributed by atoms with Crippen LogP contribution in [0.5, 0.6) is 0 Å². The molecule has 3 nitrogen and oxygen atoms in total. The molecule has 0 N–H and O–H groups in total. The Morgan fingerprint density at radius 3 is 2.20 bits per heavy atom. The van der Waals surface area contributed by atoms with Crippen molar-refractivity contribution in [3.8, 4) is 0 Å². The van der Waals surface area contributed by atoms with Gasteiger partial charge in [0.1, 0.15) is 6.19 Å². The zero-order chi connectivity index (χ0) is 11.5. The third kappa shape index (κ3) is 3.07. The van der Waals surface area contributed by atoms with E-state index in [2.05, 4.69) is 27.7 Å². The molecule has 1 rings (SSSR count). The SMILES string of the molecule is COCC=CBC1OC(C)(C)C(C)(C)O1. The van der Waals surface area contributed by atoms with Gasteiger partial charge in [0.05, 0.1) is 17.8 Å². The Labute approximate surface area is 93.0 Å². The molecule has 1 aliphatic rings. The molecule has 1 heterocycles. The Kier molecular flexibility index (Phi) is 3.98. The summed E-state index contributed by atoms with van der Waals surface area (Å²) in [4.78, 5) is 0. The molecule has 0 aromatic rings. The fourth-order valence-corrected chi connectivity index (χ4v) is 1.43. The third-order valence-electron chi connectivity index (χ3n) is 3.06. The molecule has 0 radical (unpaired) electrons. The Bertz CT molecular complexity index is 220. The highest BCUT2D eigenvalue weighted by Crippen LogP contribution is 2.37. The van der Waals surface area contributed by atoms with Crippen molar-refractivity contribution < 1.29 is 14.2 Å². The van der Waals surface area contributed by atoms with Crippen LogP contribution < -0.4 is 0 Å². The number of rotatable bonds is 4. The normalized spacial score (nSPS) is 24.9. The molecule has 86 valence electrons. The Morgan fingerprint density at radius 1 is 1.20 bits per heavy atom. The van der Waals surface area contributed by atoms with Crippen molar-refractivity contribution in [2.75, 3.05) is 13.7 Å². The molecule has 1 fully saturated rings. The fraction of sp³-hybridized carbons (Fsp3) is 0.818. The topological polar surface area (TPSA) is 27.7 Å². The van der Waals surface area contributed by atoms with E-state index in [0.717, 1.165) is 7.28 Å². The molecule has 0 aliphatic carbocycles. The lowest BCUT2D eigenvalue weighted by Gasteiger charge is -2.30. The van der Waals surface area contributed by atoms with E-state index < -0.39 is 0 Å². The zero-order valence-corrected chi connectivity index (χ0v) is 10.4. The minimum atomic E-state index is -0.229. The van der Waals surface area contributed by atoms with Gasteiger partial charge < -0.3 is 14.2 Å². The van der Waals surface area contributed by atoms with E-state index in [1.165, 1.54) is 0 Å². The summed E-state index contributed by atoms with van der Waals surface area (Å²) in [7, 11) is 2.45. The summed E-state index contributed by atoms with van der Waals surface area (Å²) in [5, 5.41) is 0. The second-order valence-electron chi connectivity index (χ2n) is 4.85. The van der Waals surface area contributed by atoms with Crippen LogP contribution in [-0.2, 0) is 14.2 Å². The molecule has 0 aromatic carbocycles. The zero-order valence-electron chi connectivity index (χ0n) is 10.4. The number of hydrogen-bond acceptors (Lipinski definition) is 3. The molecule has 1 saturated heterocycles. The van der Waals surface area contributed by atoms with Crippen LogP contribution in [0, 0.1) is 0 Å². The van der Waals surface area contributed by atoms with Gasteiger partial charge in [0.25, 0.3) is 0 Å². The Balaban J connectivity index is 2.42. The Morgan fingerprint density at radius 2 is 1.73 bits per heavy atom. The van der Waals surface area contributed by atoms with Gasteiger partial charge in [-0.25, -0.2) is 0 Å². The maximum Gasteiger partial charge on any atom is 0.218 e. The van der Waals surface area contributed by atoms with Crippen molar-refractivity contribution in [3.63, 3.8) is 0 Å². The quantitative estimate of drug-likeness (QED) is 0.660. The van der Waals surface area contributed by atoms with Gasteiger partial charge in [-0.3, -0.25) is 0 Å². The highest BCUT2D eigenvalue weighted by molar-refractivity contribution is 6.43. The first-order valence-corrected chi connectivity index (χ1v) is 5.38. The van der Waals surface area contributed by atoms with Gasteiger partial charge >= 0.3 is 0 Å². The summed E-state index contributed by atoms with van der Waals surface area (Å²) < 4.78 is 16.6. The lowest BCUT2D eigenvalue weighted by molar-refractivity contribution is -0.0269. The maximum absolute atomic E-state index is 5.83. The molecule has 15 heavy (non-hydrogen) atoms. The van der Waals surface area contributed by atoms with Crippen LogP contribution in [0.15, 0.2) is 12.1 Å². The summed E-state index contributed by atoms with van der Waals surface area (Å²) in [6.07, 6.45) is 1.84. The van der Waals surface area contributed by atoms with Crippen LogP contribution in [-0.4, -0.2) is 38.4 Å². The molecule has 0 aromatic heterocycles. The minimum Gasteiger partial charge on any atom is -0.381 e. The van der Waals surface area contributed by atoms with Crippen molar-refractivity contribution >= 4 is 7.28 Å². The second-order valence-corrected chi connectivity index (χ2v) is 4.85. The first-order valence-electron chi connectivity index (χ1n) is 5.38. The standard InChI is InChI=1S/C11H21BO3/c1-10(2)11(3,4)15-9(14-10)12-7-6-8-13-5/h6-7,9,12H,8H2,1-5H3. The number of hydrogen-bond donors (Lipinski definition) is 0. The van der Waals surface area contributed by atoms with E-state index in [4.69, 9.17) is 14.2 Å². The van der Waals surface area contributed by atoms with Crippen molar-refractivity contribution in [1.29, 1.82) is 0 Å². The average Bonchev–Trinajstić information content (AvgIpc) is 2.30. The van der Waals surface area contributed by atoms with Gasteiger partial charge in [0, 0.05) is 7.11 Å². The van der Waals surface area contributed by atoms with Crippen molar-refractivity contribution in [2.24, 2.45) is 0 Å². The van der Waals surface area contributed by atoms with Crippen LogP contribution in [0.1, 0.15) is 27.7 Å². The molecule has 0 atom stereocenters. The number of ether oxygens (including phenoxy) is 3. The van der Waals surface area contributed by atoms with Gasteiger partial charge in [-0.1, -0.05) is 6.08 Å². The van der Waals surface area contributed by atoms with Crippen LogP contribution in [0.4, 0.5) is 0 Å². The lowest BCUT2D eigenvalue weighted by atomic mass is 9.77. The first kappa shape index (κ1) is 12.8. The second kappa shape index (κ2) is 4.68. The van der Waals surface area contributed by atoms with Crippen molar-refractivity contribution in [2.45, 2.75) is 45.1 Å². The van der Waals surface area contributed by atoms with E-state index in [9.17, 15) is 0 Å². The van der Waals surface area contributed by atoms with Crippen LogP contribution >= 0.6 is 0 Å². The molecule has 0 spiro atoms. The highest BCUT2D eigenvalue weighted by Gasteiger charge is 2.48. The molecular weight excluding hydrogens is 191 g/mol. The summed E-state index contributed by atoms with van der Waals surface area (Å²) >= 11 is 0. The predicted octanol–water partition coefficient (Wildman–Crippen LogP) is 1.47. The monoisotopic (exact) mass is 212 g/mol. The number of methoxy groups -OCH3 is 1. The van der Waals surface area contributed by atoms with Gasteiger partial charge in [-0.05, 0) is 27.7 Å². The van der Waals surface area contributed by atoms with Crippen molar-refractivity contribution in [1.82, 2.24) is 0 Å². The van der Waals surface area contributed by atoms with Gasteiger partial charge in [-0.2, -0.15) is 0 Å². The van der Waals surface area contributed by atoms with Crippen LogP contribution in [0.3, 0.4) is 0 Å². The van der Waals surface area contributed by atoms with Gasteiger partial charge in [0.15, 0.2) is 0 Å². The van der Waals surface area contributed by atoms with Gasteiger partial charge in [-0.15, -0.1) is 5.98 Å². The van der Waals surface area contributed by atoms with E-state index in [0.29, 0.717) is 6.61 Å². The molecule has 0 amide bonds. The molecular formula is C11H21BO3. The molecule has 0 unspecified atom stereocenters. The summed E-state index contributed by atoms with van der Waals surface area (Å²) in [5.41, 5.74) is -0.459. The van der Waals surface area contributed by atoms with E-state index in [-0.39, 0.29) is 17.4 Å². The maximum atomic E-state index is 5.83. The van der Waals surface area contributed by atoms with E-state index in [1.807, 2.05) is 12.1 Å². The molecule has 4 heteroatoms. The summed E-state index contributed by atoms with van der Waals surface area (Å²) in [6.45, 7) is 8.88. The lowest BCUT2D eigenvalue weighted by Crippen LogP contribution is -2.41. The van der Waals surface area contributed by atoms with E-state index >= 15 is 0 Å². The largest absolute Gasteiger partial charge is 0.381 e. The predicted molar refractivity (Wildman–Crippen MR) is 62.3 cm³/mol. The van der Waals surface area contributed by atoms with Crippen molar-refractivity contribution in [3.05, 3.63) is 12.1 Å². The Hall–Kier alpha value is -0.315. The van der Waals surface area contributed by atoms with Crippen LogP contribution in [0.2, 0.25) is 0 Å². The van der Waals surface area contributed by atoms with Gasteiger partial charge in [0.2, 0.25) is 7.28 Å². The average molecular weight is 212 g/mol. The first-order chi connectivity index (χ1) is 6.89. The third-order valence-corrected chi connectivity index (χ3v) is 3.06. The fourth-order valence-electron chi connectivity index (χ4n) is 1.43. The minimum absolute atomic E-state index is 0.136. The highest BCUT2D eigenvalue weighted by atomic mass is 16.7. The molecule has 1 aliphatic heterocycles. The molecule has 0 saturated carbocycles.